The van der Waals surface area contributed by atoms with Gasteiger partial charge in [-0.25, -0.2) is 4.68 Å². The number of rotatable bonds is 5. The molecule has 0 radical (unpaired) electrons. The number of aliphatic carboxylic acids is 1. The average molecular weight is 299 g/mol. The Bertz CT molecular complexity index is 681. The first-order valence-corrected chi connectivity index (χ1v) is 7.23. The smallest absolute Gasteiger partial charge is 0.308 e. The highest BCUT2D eigenvalue weighted by molar-refractivity contribution is 5.86. The number of nitrogens with zero attached hydrogens (tertiary/aromatic N) is 3. The first kappa shape index (κ1) is 14.3. The van der Waals surface area contributed by atoms with Crippen molar-refractivity contribution >= 4 is 11.9 Å². The van der Waals surface area contributed by atoms with Crippen LogP contribution in [0.3, 0.4) is 0 Å². The molecular formula is C16H17N3O3. The fraction of sp³-hybridized carbons (Fsp3) is 0.312. The van der Waals surface area contributed by atoms with Crippen LogP contribution in [0.4, 0.5) is 0 Å². The average Bonchev–Trinajstić information content (AvgIpc) is 3.13. The topological polar surface area (TPSA) is 75.4 Å². The summed E-state index contributed by atoms with van der Waals surface area (Å²) < 4.78 is 1.79. The van der Waals surface area contributed by atoms with Crippen LogP contribution >= 0.6 is 0 Å². The molecule has 1 atom stereocenters. The Morgan fingerprint density at radius 3 is 2.77 bits per heavy atom. The zero-order chi connectivity index (χ0) is 15.5. The predicted molar refractivity (Wildman–Crippen MR) is 79.6 cm³/mol. The Kier molecular flexibility index (Phi) is 3.91. The lowest BCUT2D eigenvalue weighted by Crippen LogP contribution is -2.28. The van der Waals surface area contributed by atoms with Gasteiger partial charge in [-0.2, -0.15) is 5.10 Å². The summed E-state index contributed by atoms with van der Waals surface area (Å²) in [5.74, 6) is -1.55. The molecule has 0 aliphatic carbocycles. The molecule has 6 heteroatoms. The SMILES string of the molecule is O=C(O)[C@H]1CC(=O)N(CCc2cnn(-c3ccccc3)c2)C1. The number of likely N-dealkylation sites (tertiary alicyclic amines) is 1. The lowest BCUT2D eigenvalue weighted by Gasteiger charge is -2.14. The number of hydrogen-bond acceptors (Lipinski definition) is 3. The van der Waals surface area contributed by atoms with E-state index < -0.39 is 11.9 Å². The first-order valence-electron chi connectivity index (χ1n) is 7.23. The largest absolute Gasteiger partial charge is 0.481 e. The lowest BCUT2D eigenvalue weighted by molar-refractivity contribution is -0.141. The number of hydrogen-bond donors (Lipinski definition) is 1. The van der Waals surface area contributed by atoms with Crippen LogP contribution < -0.4 is 0 Å². The molecule has 0 bridgehead atoms. The molecule has 1 aromatic heterocycles. The number of aromatic nitrogens is 2. The van der Waals surface area contributed by atoms with E-state index >= 15 is 0 Å². The van der Waals surface area contributed by atoms with Gasteiger partial charge in [0.25, 0.3) is 0 Å². The molecule has 3 rings (SSSR count). The molecular weight excluding hydrogens is 282 g/mol. The molecule has 1 aromatic carbocycles. The van der Waals surface area contributed by atoms with E-state index in [9.17, 15) is 9.59 Å². The van der Waals surface area contributed by atoms with E-state index in [0.717, 1.165) is 11.3 Å². The highest BCUT2D eigenvalue weighted by atomic mass is 16.4. The van der Waals surface area contributed by atoms with Gasteiger partial charge in [0.15, 0.2) is 0 Å². The van der Waals surface area contributed by atoms with Crippen LogP contribution in [0, 0.1) is 5.92 Å². The minimum Gasteiger partial charge on any atom is -0.481 e. The maximum atomic E-state index is 11.8. The van der Waals surface area contributed by atoms with Gasteiger partial charge in [0.05, 0.1) is 17.8 Å². The Labute approximate surface area is 128 Å². The molecule has 2 heterocycles. The van der Waals surface area contributed by atoms with E-state index in [2.05, 4.69) is 5.10 Å². The second-order valence-corrected chi connectivity index (χ2v) is 5.46. The summed E-state index contributed by atoms with van der Waals surface area (Å²) >= 11 is 0. The molecule has 1 saturated heterocycles. The molecule has 1 aliphatic rings. The zero-order valence-electron chi connectivity index (χ0n) is 12.1. The number of carbonyl (C=O) groups excluding carboxylic acids is 1. The van der Waals surface area contributed by atoms with Gasteiger partial charge in [0.2, 0.25) is 5.91 Å². The second-order valence-electron chi connectivity index (χ2n) is 5.46. The van der Waals surface area contributed by atoms with Crippen LogP contribution in [0.1, 0.15) is 12.0 Å². The summed E-state index contributed by atoms with van der Waals surface area (Å²) in [7, 11) is 0. The minimum atomic E-state index is -0.896. The van der Waals surface area contributed by atoms with E-state index in [1.807, 2.05) is 36.5 Å². The van der Waals surface area contributed by atoms with Gasteiger partial charge in [-0.15, -0.1) is 0 Å². The molecule has 1 N–H and O–H groups in total. The van der Waals surface area contributed by atoms with Crippen molar-refractivity contribution in [2.24, 2.45) is 5.92 Å². The molecule has 1 aliphatic heterocycles. The van der Waals surface area contributed by atoms with Crippen molar-refractivity contribution in [2.45, 2.75) is 12.8 Å². The molecule has 0 unspecified atom stereocenters. The van der Waals surface area contributed by atoms with Crippen molar-refractivity contribution in [3.63, 3.8) is 0 Å². The van der Waals surface area contributed by atoms with Crippen molar-refractivity contribution in [3.05, 3.63) is 48.3 Å². The highest BCUT2D eigenvalue weighted by Gasteiger charge is 2.33. The summed E-state index contributed by atoms with van der Waals surface area (Å²) in [6.45, 7) is 0.837. The van der Waals surface area contributed by atoms with Crippen molar-refractivity contribution in [2.75, 3.05) is 13.1 Å². The van der Waals surface area contributed by atoms with Crippen LogP contribution in [0.5, 0.6) is 0 Å². The van der Waals surface area contributed by atoms with Crippen molar-refractivity contribution in [1.82, 2.24) is 14.7 Å². The number of carbonyl (C=O) groups is 2. The van der Waals surface area contributed by atoms with Crippen molar-refractivity contribution in [1.29, 1.82) is 0 Å². The summed E-state index contributed by atoms with van der Waals surface area (Å²) in [6.07, 6.45) is 4.50. The fourth-order valence-electron chi connectivity index (χ4n) is 2.63. The fourth-order valence-corrected chi connectivity index (χ4v) is 2.63. The molecule has 1 fully saturated rings. The lowest BCUT2D eigenvalue weighted by atomic mass is 10.1. The maximum Gasteiger partial charge on any atom is 0.308 e. The van der Waals surface area contributed by atoms with Gasteiger partial charge in [0, 0.05) is 25.7 Å². The van der Waals surface area contributed by atoms with Crippen molar-refractivity contribution < 1.29 is 14.7 Å². The molecule has 22 heavy (non-hydrogen) atoms. The summed E-state index contributed by atoms with van der Waals surface area (Å²) in [4.78, 5) is 24.3. The van der Waals surface area contributed by atoms with E-state index in [0.29, 0.717) is 19.5 Å². The normalized spacial score (nSPS) is 17.9. The molecule has 114 valence electrons. The van der Waals surface area contributed by atoms with Crippen LogP contribution in [0.25, 0.3) is 5.69 Å². The van der Waals surface area contributed by atoms with Gasteiger partial charge in [0.1, 0.15) is 0 Å². The van der Waals surface area contributed by atoms with Crippen molar-refractivity contribution in [3.8, 4) is 5.69 Å². The third-order valence-corrected chi connectivity index (χ3v) is 3.89. The summed E-state index contributed by atoms with van der Waals surface area (Å²) in [6, 6.07) is 9.79. The number of carboxylic acids is 1. The van der Waals surface area contributed by atoms with E-state index in [1.54, 1.807) is 15.8 Å². The van der Waals surface area contributed by atoms with E-state index in [-0.39, 0.29) is 12.3 Å². The highest BCUT2D eigenvalue weighted by Crippen LogP contribution is 2.18. The van der Waals surface area contributed by atoms with Crippen LogP contribution in [-0.2, 0) is 16.0 Å². The van der Waals surface area contributed by atoms with Gasteiger partial charge in [-0.3, -0.25) is 9.59 Å². The van der Waals surface area contributed by atoms with Crippen LogP contribution in [0.15, 0.2) is 42.7 Å². The third kappa shape index (κ3) is 3.00. The predicted octanol–water partition coefficient (Wildman–Crippen LogP) is 1.35. The summed E-state index contributed by atoms with van der Waals surface area (Å²) in [5, 5.41) is 13.3. The molecule has 0 saturated carbocycles. The number of carboxylic acid groups (broad SMARTS) is 1. The molecule has 0 spiro atoms. The molecule has 1 amide bonds. The second kappa shape index (κ2) is 6.01. The van der Waals surface area contributed by atoms with E-state index in [1.165, 1.54) is 0 Å². The number of para-hydroxylation sites is 1. The van der Waals surface area contributed by atoms with Crippen LogP contribution in [-0.4, -0.2) is 44.8 Å². The minimum absolute atomic E-state index is 0.0807. The van der Waals surface area contributed by atoms with Gasteiger partial charge < -0.3 is 10.0 Å². The van der Waals surface area contributed by atoms with Crippen LogP contribution in [0.2, 0.25) is 0 Å². The quantitative estimate of drug-likeness (QED) is 0.904. The maximum absolute atomic E-state index is 11.8. The van der Waals surface area contributed by atoms with E-state index in [4.69, 9.17) is 5.11 Å². The standard InChI is InChI=1S/C16H17N3O3/c20-15-8-13(16(21)22)11-18(15)7-6-12-9-17-19(10-12)14-4-2-1-3-5-14/h1-5,9-10,13H,6-8,11H2,(H,21,22)/t13-/m0/s1. The molecule has 6 nitrogen and oxygen atoms in total. The Hall–Kier alpha value is -2.63. The monoisotopic (exact) mass is 299 g/mol. The Morgan fingerprint density at radius 1 is 1.32 bits per heavy atom. The summed E-state index contributed by atoms with van der Waals surface area (Å²) in [5.41, 5.74) is 2.01. The Balaban J connectivity index is 1.60. The first-order chi connectivity index (χ1) is 10.6. The zero-order valence-corrected chi connectivity index (χ0v) is 12.1. The molecule has 2 aromatic rings. The van der Waals surface area contributed by atoms with Gasteiger partial charge >= 0.3 is 5.97 Å². The third-order valence-electron chi connectivity index (χ3n) is 3.89. The number of benzene rings is 1. The van der Waals surface area contributed by atoms with Gasteiger partial charge in [-0.05, 0) is 24.1 Å². The number of amides is 1. The van der Waals surface area contributed by atoms with Gasteiger partial charge in [-0.1, -0.05) is 18.2 Å². The Morgan fingerprint density at radius 2 is 2.09 bits per heavy atom.